The molecule has 1 nitrogen and oxygen atoms in total. The van der Waals surface area contributed by atoms with Gasteiger partial charge in [0.2, 0.25) is 0 Å². The maximum absolute atomic E-state index is 3.20. The number of hydrogen-bond acceptors (Lipinski definition) is 0. The molecule has 0 saturated heterocycles. The molecular weight excluding hydrogens is 134 g/mol. The van der Waals surface area contributed by atoms with Crippen molar-refractivity contribution >= 4 is 10.8 Å². The van der Waals surface area contributed by atoms with Gasteiger partial charge in [-0.2, -0.15) is 0 Å². The van der Waals surface area contributed by atoms with Crippen molar-refractivity contribution in [3.05, 3.63) is 35.7 Å². The van der Waals surface area contributed by atoms with Gasteiger partial charge < -0.3 is 4.98 Å². The van der Waals surface area contributed by atoms with Crippen molar-refractivity contribution < 1.29 is 0 Å². The van der Waals surface area contributed by atoms with E-state index in [4.69, 9.17) is 0 Å². The first kappa shape index (κ1) is 6.47. The van der Waals surface area contributed by atoms with Gasteiger partial charge in [-0.15, -0.1) is 0 Å². The summed E-state index contributed by atoms with van der Waals surface area (Å²) < 4.78 is 0. The van der Waals surface area contributed by atoms with Gasteiger partial charge in [-0.25, -0.2) is 0 Å². The summed E-state index contributed by atoms with van der Waals surface area (Å²) in [6, 6.07) is 6.50. The van der Waals surface area contributed by atoms with Crippen molar-refractivity contribution in [2.45, 2.75) is 13.8 Å². The van der Waals surface area contributed by atoms with E-state index in [0.29, 0.717) is 0 Å². The van der Waals surface area contributed by atoms with Crippen molar-refractivity contribution in [1.82, 2.24) is 4.98 Å². The number of nitrogens with one attached hydrogen (secondary N) is 1. The molecule has 1 heterocycles. The fourth-order valence-corrected chi connectivity index (χ4v) is 1.41. The summed E-state index contributed by atoms with van der Waals surface area (Å²) in [6.07, 6.45) is 2.05. The van der Waals surface area contributed by atoms with Crippen LogP contribution in [0.25, 0.3) is 10.8 Å². The molecule has 2 rings (SSSR count). The van der Waals surface area contributed by atoms with E-state index in [2.05, 4.69) is 43.2 Å². The summed E-state index contributed by atoms with van der Waals surface area (Å²) in [7, 11) is 0. The van der Waals surface area contributed by atoms with E-state index in [1.54, 1.807) is 0 Å². The number of aromatic amines is 1. The van der Waals surface area contributed by atoms with Gasteiger partial charge in [-0.3, -0.25) is 0 Å². The van der Waals surface area contributed by atoms with Gasteiger partial charge in [0.05, 0.1) is 0 Å². The van der Waals surface area contributed by atoms with Crippen LogP contribution in [0.5, 0.6) is 0 Å². The third-order valence-electron chi connectivity index (χ3n) is 2.06. The van der Waals surface area contributed by atoms with E-state index in [-0.39, 0.29) is 0 Å². The third-order valence-corrected chi connectivity index (χ3v) is 2.06. The van der Waals surface area contributed by atoms with Gasteiger partial charge >= 0.3 is 0 Å². The first-order valence-electron chi connectivity index (χ1n) is 3.82. The first-order valence-corrected chi connectivity index (χ1v) is 3.82. The van der Waals surface area contributed by atoms with Crippen molar-refractivity contribution in [2.24, 2.45) is 0 Å². The highest BCUT2D eigenvalue weighted by atomic mass is 14.7. The van der Waals surface area contributed by atoms with E-state index in [0.717, 1.165) is 0 Å². The minimum absolute atomic E-state index is 1.25. The van der Waals surface area contributed by atoms with Crippen LogP contribution in [0.2, 0.25) is 0 Å². The van der Waals surface area contributed by atoms with Crippen LogP contribution >= 0.6 is 0 Å². The molecule has 0 atom stereocenters. The largest absolute Gasteiger partial charge is 0.364 e. The Labute approximate surface area is 66.1 Å². The molecule has 1 aromatic heterocycles. The van der Waals surface area contributed by atoms with E-state index < -0.39 is 0 Å². The Bertz CT molecular complexity index is 385. The average molecular weight is 145 g/mol. The summed E-state index contributed by atoms with van der Waals surface area (Å²) in [5.41, 5.74) is 2.57. The molecule has 1 heteroatoms. The monoisotopic (exact) mass is 145 g/mol. The molecule has 0 spiro atoms. The lowest BCUT2D eigenvalue weighted by atomic mass is 10.1. The molecular formula is C10H11N. The van der Waals surface area contributed by atoms with Crippen LogP contribution in [-0.4, -0.2) is 4.98 Å². The zero-order valence-electron chi connectivity index (χ0n) is 6.81. The number of H-pyrrole nitrogens is 1. The second-order valence-corrected chi connectivity index (χ2v) is 3.00. The molecule has 0 aliphatic heterocycles. The van der Waals surface area contributed by atoms with Crippen molar-refractivity contribution in [2.75, 3.05) is 0 Å². The van der Waals surface area contributed by atoms with Crippen LogP contribution in [0, 0.1) is 13.8 Å². The van der Waals surface area contributed by atoms with Gasteiger partial charge in [0, 0.05) is 17.3 Å². The minimum atomic E-state index is 1.25. The van der Waals surface area contributed by atoms with Crippen LogP contribution in [0.3, 0.4) is 0 Å². The second kappa shape index (κ2) is 2.12. The Morgan fingerprint density at radius 2 is 2.00 bits per heavy atom. The molecule has 56 valence electrons. The smallest absolute Gasteiger partial charge is 0.0195 e. The predicted molar refractivity (Wildman–Crippen MR) is 47.8 cm³/mol. The Morgan fingerprint density at radius 1 is 1.18 bits per heavy atom. The zero-order valence-corrected chi connectivity index (χ0v) is 6.81. The van der Waals surface area contributed by atoms with Crippen LogP contribution in [-0.2, 0) is 0 Å². The minimum Gasteiger partial charge on any atom is -0.364 e. The highest BCUT2D eigenvalue weighted by molar-refractivity contribution is 5.85. The fraction of sp³-hybridized carbons (Fsp3) is 0.200. The molecule has 1 aromatic carbocycles. The first-order chi connectivity index (χ1) is 5.27. The quantitative estimate of drug-likeness (QED) is 0.586. The molecule has 1 N–H and O–H groups in total. The van der Waals surface area contributed by atoms with E-state index in [1.165, 1.54) is 22.0 Å². The molecule has 2 aromatic rings. The number of hydrogen-bond donors (Lipinski definition) is 1. The van der Waals surface area contributed by atoms with E-state index in [9.17, 15) is 0 Å². The summed E-state index contributed by atoms with van der Waals surface area (Å²) in [5, 5.41) is 2.64. The lowest BCUT2D eigenvalue weighted by molar-refractivity contribution is 1.28. The van der Waals surface area contributed by atoms with Crippen molar-refractivity contribution in [1.29, 1.82) is 0 Å². The maximum atomic E-state index is 3.20. The van der Waals surface area contributed by atoms with Crippen molar-refractivity contribution in [3.8, 4) is 0 Å². The SMILES string of the molecule is Cc1ccc2c(C)[nH]cc2c1. The number of aromatic nitrogens is 1. The van der Waals surface area contributed by atoms with Gasteiger partial charge in [0.15, 0.2) is 0 Å². The van der Waals surface area contributed by atoms with Crippen LogP contribution in [0.15, 0.2) is 24.4 Å². The van der Waals surface area contributed by atoms with E-state index >= 15 is 0 Å². The standard InChI is InChI=1S/C10H11N/c1-7-3-4-10-8(2)11-6-9(10)5-7/h3-6,11H,1-2H3. The number of rotatable bonds is 0. The van der Waals surface area contributed by atoms with Gasteiger partial charge in [0.1, 0.15) is 0 Å². The van der Waals surface area contributed by atoms with Crippen LogP contribution in [0.1, 0.15) is 11.3 Å². The highest BCUT2D eigenvalue weighted by Crippen LogP contribution is 2.18. The van der Waals surface area contributed by atoms with Gasteiger partial charge in [0.25, 0.3) is 0 Å². The average Bonchev–Trinajstić information content (AvgIpc) is 2.32. The third kappa shape index (κ3) is 0.929. The van der Waals surface area contributed by atoms with Crippen LogP contribution in [0.4, 0.5) is 0 Å². The Morgan fingerprint density at radius 3 is 2.82 bits per heavy atom. The topological polar surface area (TPSA) is 15.8 Å². The summed E-state index contributed by atoms with van der Waals surface area (Å²) in [6.45, 7) is 4.21. The number of aryl methyl sites for hydroxylation is 2. The summed E-state index contributed by atoms with van der Waals surface area (Å²) in [4.78, 5) is 3.20. The molecule has 0 bridgehead atoms. The summed E-state index contributed by atoms with van der Waals surface area (Å²) >= 11 is 0. The molecule has 0 saturated carbocycles. The lowest BCUT2D eigenvalue weighted by Crippen LogP contribution is -1.71. The summed E-state index contributed by atoms with van der Waals surface area (Å²) in [5.74, 6) is 0. The molecule has 0 unspecified atom stereocenters. The Hall–Kier alpha value is -1.24. The Balaban J connectivity index is 2.86. The van der Waals surface area contributed by atoms with Gasteiger partial charge in [-0.1, -0.05) is 17.7 Å². The highest BCUT2D eigenvalue weighted by Gasteiger charge is 1.96. The molecule has 0 fully saturated rings. The number of fused-ring (bicyclic) bond motifs is 1. The van der Waals surface area contributed by atoms with Crippen LogP contribution < -0.4 is 0 Å². The van der Waals surface area contributed by atoms with Gasteiger partial charge in [-0.05, 0) is 25.3 Å². The molecule has 0 radical (unpaired) electrons. The number of benzene rings is 1. The molecule has 0 aliphatic carbocycles. The fourth-order valence-electron chi connectivity index (χ4n) is 1.41. The predicted octanol–water partition coefficient (Wildman–Crippen LogP) is 2.78. The van der Waals surface area contributed by atoms with E-state index in [1.807, 2.05) is 0 Å². The van der Waals surface area contributed by atoms with Crippen molar-refractivity contribution in [3.63, 3.8) is 0 Å². The molecule has 11 heavy (non-hydrogen) atoms. The Kier molecular flexibility index (Phi) is 1.25. The molecule has 0 amide bonds. The second-order valence-electron chi connectivity index (χ2n) is 3.00. The lowest BCUT2D eigenvalue weighted by Gasteiger charge is -1.92. The zero-order chi connectivity index (χ0) is 7.84. The maximum Gasteiger partial charge on any atom is 0.0195 e. The molecule has 0 aliphatic rings. The normalized spacial score (nSPS) is 10.7.